The molecule has 0 bridgehead atoms. The molecule has 1 aliphatic heterocycles. The predicted octanol–water partition coefficient (Wildman–Crippen LogP) is 2.34. The summed E-state index contributed by atoms with van der Waals surface area (Å²) in [7, 11) is 0. The van der Waals surface area contributed by atoms with Crippen LogP contribution < -0.4 is 9.64 Å². The minimum absolute atomic E-state index is 0.00878. The van der Waals surface area contributed by atoms with Crippen LogP contribution in [0.2, 0.25) is 0 Å². The van der Waals surface area contributed by atoms with E-state index in [0.717, 1.165) is 31.6 Å². The highest BCUT2D eigenvalue weighted by molar-refractivity contribution is 5.46. The summed E-state index contributed by atoms with van der Waals surface area (Å²) in [4.78, 5) is 29.8. The molecular weight excluding hydrogens is 330 g/mol. The van der Waals surface area contributed by atoms with Crippen LogP contribution in [0.5, 0.6) is 5.75 Å². The zero-order valence-electron chi connectivity index (χ0n) is 13.1. The third-order valence-corrected chi connectivity index (χ3v) is 3.94. The van der Waals surface area contributed by atoms with E-state index in [4.69, 9.17) is 4.74 Å². The molecule has 130 valence electrons. The van der Waals surface area contributed by atoms with Crippen LogP contribution in [-0.2, 0) is 0 Å². The maximum absolute atomic E-state index is 10.6. The molecular formula is C15H15N5O5. The summed E-state index contributed by atoms with van der Waals surface area (Å²) in [6.07, 6.45) is 4.36. The minimum atomic E-state index is -0.555. The molecule has 10 heteroatoms. The van der Waals surface area contributed by atoms with Gasteiger partial charge < -0.3 is 29.9 Å². The third-order valence-electron chi connectivity index (χ3n) is 3.94. The predicted molar refractivity (Wildman–Crippen MR) is 87.6 cm³/mol. The summed E-state index contributed by atoms with van der Waals surface area (Å²) < 4.78 is 5.81. The van der Waals surface area contributed by atoms with Crippen LogP contribution in [-0.4, -0.2) is 39.0 Å². The first kappa shape index (κ1) is 16.6. The highest BCUT2D eigenvalue weighted by Gasteiger charge is 2.22. The molecule has 0 atom stereocenters. The molecule has 2 aromatic heterocycles. The molecule has 1 aliphatic rings. The monoisotopic (exact) mass is 345 g/mol. The van der Waals surface area contributed by atoms with Gasteiger partial charge in [0, 0.05) is 38.1 Å². The van der Waals surface area contributed by atoms with Crippen LogP contribution in [0.1, 0.15) is 12.8 Å². The van der Waals surface area contributed by atoms with Gasteiger partial charge in [0.1, 0.15) is 6.10 Å². The molecule has 3 heterocycles. The number of nitro groups is 2. The van der Waals surface area contributed by atoms with Gasteiger partial charge in [-0.1, -0.05) is 0 Å². The van der Waals surface area contributed by atoms with Gasteiger partial charge in [0.05, 0.1) is 5.69 Å². The summed E-state index contributed by atoms with van der Waals surface area (Å²) in [5, 5.41) is 21.2. The average Bonchev–Trinajstić information content (AvgIpc) is 2.63. The Hall–Kier alpha value is -3.30. The number of pyridine rings is 2. The van der Waals surface area contributed by atoms with Crippen LogP contribution in [0.3, 0.4) is 0 Å². The molecule has 0 amide bonds. The highest BCUT2D eigenvalue weighted by Crippen LogP contribution is 2.24. The van der Waals surface area contributed by atoms with E-state index < -0.39 is 9.85 Å². The Morgan fingerprint density at radius 2 is 1.56 bits per heavy atom. The Kier molecular flexibility index (Phi) is 4.68. The Balaban J connectivity index is 1.54. The maximum Gasteiger partial charge on any atom is 0.363 e. The van der Waals surface area contributed by atoms with Gasteiger partial charge >= 0.3 is 11.6 Å². The van der Waals surface area contributed by atoms with Crippen molar-refractivity contribution >= 4 is 17.3 Å². The first-order valence-electron chi connectivity index (χ1n) is 7.65. The van der Waals surface area contributed by atoms with E-state index in [-0.39, 0.29) is 17.7 Å². The van der Waals surface area contributed by atoms with E-state index in [1.807, 2.05) is 0 Å². The van der Waals surface area contributed by atoms with Gasteiger partial charge in [0.2, 0.25) is 0 Å². The average molecular weight is 345 g/mol. The topological polar surface area (TPSA) is 125 Å². The Bertz CT molecular complexity index is 757. The van der Waals surface area contributed by atoms with Gasteiger partial charge in [-0.3, -0.25) is 0 Å². The van der Waals surface area contributed by atoms with Crippen molar-refractivity contribution in [2.24, 2.45) is 0 Å². The quantitative estimate of drug-likeness (QED) is 0.597. The number of hydrogen-bond acceptors (Lipinski definition) is 8. The molecule has 1 fully saturated rings. The lowest BCUT2D eigenvalue weighted by Gasteiger charge is -2.32. The lowest BCUT2D eigenvalue weighted by Crippen LogP contribution is -2.38. The molecule has 0 spiro atoms. The molecule has 3 rings (SSSR count). The molecule has 0 aromatic carbocycles. The fourth-order valence-corrected chi connectivity index (χ4v) is 2.65. The summed E-state index contributed by atoms with van der Waals surface area (Å²) in [6, 6.07) is 5.93. The molecule has 0 N–H and O–H groups in total. The number of anilines is 1. The second-order valence-electron chi connectivity index (χ2n) is 5.55. The molecule has 1 saturated heterocycles. The molecule has 25 heavy (non-hydrogen) atoms. The van der Waals surface area contributed by atoms with Gasteiger partial charge in [-0.2, -0.15) is 0 Å². The van der Waals surface area contributed by atoms with E-state index >= 15 is 0 Å². The van der Waals surface area contributed by atoms with Crippen molar-refractivity contribution in [3.8, 4) is 5.75 Å². The van der Waals surface area contributed by atoms with Crippen molar-refractivity contribution in [3.05, 3.63) is 56.9 Å². The molecule has 2 aromatic rings. The summed E-state index contributed by atoms with van der Waals surface area (Å²) in [5.74, 6) is 0.113. The summed E-state index contributed by atoms with van der Waals surface area (Å²) in [5.41, 5.74) is 0.834. The third kappa shape index (κ3) is 3.97. The van der Waals surface area contributed by atoms with Gasteiger partial charge in [0.15, 0.2) is 18.1 Å². The van der Waals surface area contributed by atoms with Gasteiger partial charge in [-0.05, 0) is 31.9 Å². The molecule has 10 nitrogen and oxygen atoms in total. The summed E-state index contributed by atoms with van der Waals surface area (Å²) >= 11 is 0. The standard InChI is InChI=1S/C15H15N5O5/c21-19(22)14-3-1-11(9-16-14)18-7-5-12(6-8-18)25-13-2-4-15(17-10-13)20(23)24/h1-4,9-10,12H,5-8H2. The second-order valence-corrected chi connectivity index (χ2v) is 5.55. The Labute approximate surface area is 142 Å². The number of ether oxygens (including phenoxy) is 1. The second kappa shape index (κ2) is 7.07. The lowest BCUT2D eigenvalue weighted by molar-refractivity contribution is -0.389. The molecule has 0 aliphatic carbocycles. The normalized spacial score (nSPS) is 15.0. The Morgan fingerprint density at radius 1 is 0.960 bits per heavy atom. The van der Waals surface area contributed by atoms with Crippen molar-refractivity contribution in [1.82, 2.24) is 9.97 Å². The van der Waals surface area contributed by atoms with E-state index in [0.29, 0.717) is 5.75 Å². The van der Waals surface area contributed by atoms with Crippen LogP contribution in [0, 0.1) is 20.2 Å². The molecule has 0 saturated carbocycles. The number of rotatable bonds is 5. The fraction of sp³-hybridized carbons (Fsp3) is 0.333. The van der Waals surface area contributed by atoms with E-state index in [9.17, 15) is 20.2 Å². The smallest absolute Gasteiger partial charge is 0.363 e. The zero-order valence-corrected chi connectivity index (χ0v) is 13.1. The van der Waals surface area contributed by atoms with Crippen LogP contribution >= 0.6 is 0 Å². The fourth-order valence-electron chi connectivity index (χ4n) is 2.65. The SMILES string of the molecule is O=[N+]([O-])c1ccc(OC2CCN(c3ccc([N+](=O)[O-])nc3)CC2)cn1. The van der Waals surface area contributed by atoms with Crippen LogP contribution in [0.15, 0.2) is 36.7 Å². The van der Waals surface area contributed by atoms with E-state index in [1.165, 1.54) is 30.6 Å². The van der Waals surface area contributed by atoms with E-state index in [1.54, 1.807) is 6.07 Å². The number of nitrogens with zero attached hydrogens (tertiary/aromatic N) is 5. The first-order valence-corrected chi connectivity index (χ1v) is 7.65. The van der Waals surface area contributed by atoms with Crippen molar-refractivity contribution < 1.29 is 14.6 Å². The summed E-state index contributed by atoms with van der Waals surface area (Å²) in [6.45, 7) is 1.45. The first-order chi connectivity index (χ1) is 12.0. The van der Waals surface area contributed by atoms with Gasteiger partial charge in [-0.25, -0.2) is 0 Å². The van der Waals surface area contributed by atoms with Crippen LogP contribution in [0.4, 0.5) is 17.3 Å². The lowest BCUT2D eigenvalue weighted by atomic mass is 10.1. The highest BCUT2D eigenvalue weighted by atomic mass is 16.6. The zero-order chi connectivity index (χ0) is 17.8. The molecule has 0 unspecified atom stereocenters. The number of piperidine rings is 1. The van der Waals surface area contributed by atoms with Gasteiger partial charge in [0.25, 0.3) is 0 Å². The van der Waals surface area contributed by atoms with Crippen molar-refractivity contribution in [2.75, 3.05) is 18.0 Å². The van der Waals surface area contributed by atoms with Crippen LogP contribution in [0.25, 0.3) is 0 Å². The van der Waals surface area contributed by atoms with Crippen molar-refractivity contribution in [3.63, 3.8) is 0 Å². The Morgan fingerprint density at radius 3 is 2.04 bits per heavy atom. The van der Waals surface area contributed by atoms with Crippen molar-refractivity contribution in [2.45, 2.75) is 18.9 Å². The van der Waals surface area contributed by atoms with Crippen molar-refractivity contribution in [1.29, 1.82) is 0 Å². The molecule has 0 radical (unpaired) electrons. The number of aromatic nitrogens is 2. The maximum atomic E-state index is 10.6. The van der Waals surface area contributed by atoms with E-state index in [2.05, 4.69) is 14.9 Å². The largest absolute Gasteiger partial charge is 0.486 e. The van der Waals surface area contributed by atoms with Gasteiger partial charge in [-0.15, -0.1) is 0 Å². The minimum Gasteiger partial charge on any atom is -0.486 e. The number of hydrogen-bond donors (Lipinski definition) is 0.